The van der Waals surface area contributed by atoms with Gasteiger partial charge in [-0.3, -0.25) is 0 Å². The average molecular weight is 495 g/mol. The van der Waals surface area contributed by atoms with Gasteiger partial charge in [-0.2, -0.15) is 14.9 Å². The molecule has 0 bridgehead atoms. The molecule has 3 aromatic carbocycles. The Morgan fingerprint density at radius 1 is 1.06 bits per heavy atom. The van der Waals surface area contributed by atoms with Crippen molar-refractivity contribution in [2.75, 3.05) is 7.11 Å². The summed E-state index contributed by atoms with van der Waals surface area (Å²) in [6, 6.07) is 23.4. The Balaban J connectivity index is 1.57. The minimum absolute atomic E-state index is 0.400. The number of nitrogens with zero attached hydrogens (tertiary/aromatic N) is 3. The van der Waals surface area contributed by atoms with Crippen molar-refractivity contribution in [2.45, 2.75) is 6.61 Å². The summed E-state index contributed by atoms with van der Waals surface area (Å²) in [4.78, 5) is 0. The molecular formula is C23H19BrN4O2S. The van der Waals surface area contributed by atoms with Crippen molar-refractivity contribution in [3.63, 3.8) is 0 Å². The average Bonchev–Trinajstić information content (AvgIpc) is 3.17. The van der Waals surface area contributed by atoms with E-state index in [-0.39, 0.29) is 0 Å². The fourth-order valence-electron chi connectivity index (χ4n) is 2.96. The van der Waals surface area contributed by atoms with Crippen LogP contribution in [0, 0.1) is 4.77 Å². The maximum absolute atomic E-state index is 5.92. The van der Waals surface area contributed by atoms with E-state index in [4.69, 9.17) is 21.7 Å². The molecule has 0 saturated carbocycles. The van der Waals surface area contributed by atoms with Crippen LogP contribution in [0.1, 0.15) is 11.1 Å². The predicted molar refractivity (Wildman–Crippen MR) is 127 cm³/mol. The highest BCUT2D eigenvalue weighted by Gasteiger charge is 2.11. The second-order valence-electron chi connectivity index (χ2n) is 6.57. The number of halogens is 1. The smallest absolute Gasteiger partial charge is 0.216 e. The Morgan fingerprint density at radius 2 is 1.84 bits per heavy atom. The number of rotatable bonds is 7. The van der Waals surface area contributed by atoms with Gasteiger partial charge in [0.2, 0.25) is 4.77 Å². The van der Waals surface area contributed by atoms with E-state index in [0.717, 1.165) is 21.2 Å². The largest absolute Gasteiger partial charge is 0.493 e. The molecular weight excluding hydrogens is 476 g/mol. The molecule has 0 spiro atoms. The van der Waals surface area contributed by atoms with Crippen molar-refractivity contribution in [3.05, 3.63) is 93.2 Å². The molecule has 0 atom stereocenters. The van der Waals surface area contributed by atoms with Gasteiger partial charge in [-0.1, -0.05) is 58.4 Å². The molecule has 0 amide bonds. The van der Waals surface area contributed by atoms with Crippen LogP contribution < -0.4 is 9.47 Å². The summed E-state index contributed by atoms with van der Waals surface area (Å²) in [5.41, 5.74) is 2.81. The Labute approximate surface area is 193 Å². The standard InChI is InChI=1S/C23H19BrN4O2S/c1-29-21-13-17(11-12-20(21)30-15-16-7-3-2-4-8-16)14-25-28-22(26-27-23(28)31)18-9-5-6-10-19(18)24/h2-14H,15H2,1H3,(H,27,31)/b25-14-. The third-order valence-corrected chi connectivity index (χ3v) is 5.47. The third kappa shape index (κ3) is 4.92. The molecule has 0 fully saturated rings. The topological polar surface area (TPSA) is 64.4 Å². The van der Waals surface area contributed by atoms with Gasteiger partial charge in [0.05, 0.1) is 13.3 Å². The Bertz CT molecular complexity index is 1270. The molecule has 0 aliphatic rings. The van der Waals surface area contributed by atoms with E-state index in [2.05, 4.69) is 31.2 Å². The molecule has 0 aliphatic heterocycles. The first-order valence-electron chi connectivity index (χ1n) is 9.47. The molecule has 6 nitrogen and oxygen atoms in total. The van der Waals surface area contributed by atoms with E-state index >= 15 is 0 Å². The summed E-state index contributed by atoms with van der Waals surface area (Å²) < 4.78 is 14.3. The van der Waals surface area contributed by atoms with E-state index in [9.17, 15) is 0 Å². The lowest BCUT2D eigenvalue weighted by molar-refractivity contribution is 0.284. The quantitative estimate of drug-likeness (QED) is 0.259. The molecule has 4 aromatic rings. The first-order valence-corrected chi connectivity index (χ1v) is 10.7. The number of hydrogen-bond acceptors (Lipinski definition) is 5. The highest BCUT2D eigenvalue weighted by molar-refractivity contribution is 9.10. The number of benzene rings is 3. The van der Waals surface area contributed by atoms with Crippen molar-refractivity contribution < 1.29 is 9.47 Å². The van der Waals surface area contributed by atoms with E-state index in [0.29, 0.717) is 28.7 Å². The third-order valence-electron chi connectivity index (χ3n) is 4.51. The molecule has 0 unspecified atom stereocenters. The van der Waals surface area contributed by atoms with Gasteiger partial charge in [0, 0.05) is 10.0 Å². The Hall–Kier alpha value is -3.23. The number of aromatic amines is 1. The van der Waals surface area contributed by atoms with E-state index in [1.807, 2.05) is 72.8 Å². The van der Waals surface area contributed by atoms with Crippen molar-refractivity contribution >= 4 is 34.4 Å². The van der Waals surface area contributed by atoms with Gasteiger partial charge in [0.1, 0.15) is 6.61 Å². The number of aromatic nitrogens is 3. The molecule has 1 aromatic heterocycles. The maximum atomic E-state index is 5.92. The van der Waals surface area contributed by atoms with Gasteiger partial charge in [-0.25, -0.2) is 5.10 Å². The molecule has 156 valence electrons. The minimum atomic E-state index is 0.400. The van der Waals surface area contributed by atoms with Crippen LogP contribution in [0.2, 0.25) is 0 Å². The predicted octanol–water partition coefficient (Wildman–Crippen LogP) is 5.84. The second-order valence-corrected chi connectivity index (χ2v) is 7.81. The Morgan fingerprint density at radius 3 is 2.61 bits per heavy atom. The lowest BCUT2D eigenvalue weighted by Gasteiger charge is -2.11. The first-order chi connectivity index (χ1) is 15.2. The van der Waals surface area contributed by atoms with Gasteiger partial charge in [0.25, 0.3) is 0 Å². The molecule has 1 N–H and O–H groups in total. The molecule has 1 heterocycles. The molecule has 31 heavy (non-hydrogen) atoms. The Kier molecular flexibility index (Phi) is 6.59. The van der Waals surface area contributed by atoms with Crippen LogP contribution in [0.4, 0.5) is 0 Å². The van der Waals surface area contributed by atoms with Gasteiger partial charge in [-0.05, 0) is 53.7 Å². The molecule has 0 aliphatic carbocycles. The molecule has 0 radical (unpaired) electrons. The van der Waals surface area contributed by atoms with Crippen LogP contribution in [-0.4, -0.2) is 28.2 Å². The van der Waals surface area contributed by atoms with Crippen molar-refractivity contribution in [1.82, 2.24) is 14.9 Å². The van der Waals surface area contributed by atoms with Crippen LogP contribution in [-0.2, 0) is 6.61 Å². The maximum Gasteiger partial charge on any atom is 0.216 e. The van der Waals surface area contributed by atoms with Crippen molar-refractivity contribution in [3.8, 4) is 22.9 Å². The van der Waals surface area contributed by atoms with Crippen LogP contribution in [0.15, 0.2) is 82.4 Å². The van der Waals surface area contributed by atoms with Gasteiger partial charge >= 0.3 is 0 Å². The zero-order valence-electron chi connectivity index (χ0n) is 16.7. The molecule has 4 rings (SSSR count). The van der Waals surface area contributed by atoms with Crippen molar-refractivity contribution in [1.29, 1.82) is 0 Å². The summed E-state index contributed by atoms with van der Waals surface area (Å²) >= 11 is 8.90. The number of hydrogen-bond donors (Lipinski definition) is 1. The van der Waals surface area contributed by atoms with Gasteiger partial charge in [0.15, 0.2) is 17.3 Å². The van der Waals surface area contributed by atoms with Gasteiger partial charge < -0.3 is 9.47 Å². The first kappa shape index (κ1) is 21.0. The number of H-pyrrole nitrogens is 1. The molecule has 8 heteroatoms. The van der Waals surface area contributed by atoms with E-state index in [1.54, 1.807) is 18.0 Å². The number of nitrogens with one attached hydrogen (secondary N) is 1. The fraction of sp³-hybridized carbons (Fsp3) is 0.0870. The lowest BCUT2D eigenvalue weighted by atomic mass is 10.2. The van der Waals surface area contributed by atoms with Crippen molar-refractivity contribution in [2.24, 2.45) is 5.10 Å². The van der Waals surface area contributed by atoms with Crippen LogP contribution in [0.25, 0.3) is 11.4 Å². The molecule has 0 saturated heterocycles. The zero-order valence-corrected chi connectivity index (χ0v) is 19.1. The van der Waals surface area contributed by atoms with Crippen LogP contribution in [0.3, 0.4) is 0 Å². The highest BCUT2D eigenvalue weighted by Crippen LogP contribution is 2.29. The second kappa shape index (κ2) is 9.72. The number of ether oxygens (including phenoxy) is 2. The number of methoxy groups -OCH3 is 1. The minimum Gasteiger partial charge on any atom is -0.493 e. The van der Waals surface area contributed by atoms with Crippen LogP contribution in [0.5, 0.6) is 11.5 Å². The van der Waals surface area contributed by atoms with E-state index < -0.39 is 0 Å². The monoisotopic (exact) mass is 494 g/mol. The van der Waals surface area contributed by atoms with E-state index in [1.165, 1.54) is 0 Å². The zero-order chi connectivity index (χ0) is 21.6. The summed E-state index contributed by atoms with van der Waals surface area (Å²) in [7, 11) is 1.61. The summed E-state index contributed by atoms with van der Waals surface area (Å²) in [5.74, 6) is 1.91. The normalized spacial score (nSPS) is 11.0. The summed E-state index contributed by atoms with van der Waals surface area (Å²) in [6.07, 6.45) is 1.70. The fourth-order valence-corrected chi connectivity index (χ4v) is 3.60. The lowest BCUT2D eigenvalue weighted by Crippen LogP contribution is -1.99. The van der Waals surface area contributed by atoms with Gasteiger partial charge in [-0.15, -0.1) is 0 Å². The van der Waals surface area contributed by atoms with Crippen LogP contribution >= 0.6 is 28.1 Å². The summed E-state index contributed by atoms with van der Waals surface area (Å²) in [6.45, 7) is 0.462. The highest BCUT2D eigenvalue weighted by atomic mass is 79.9. The SMILES string of the molecule is COc1cc(/C=N\n2c(-c3ccccc3Br)n[nH]c2=S)ccc1OCc1ccccc1. The summed E-state index contributed by atoms with van der Waals surface area (Å²) in [5, 5.41) is 11.6.